The Bertz CT molecular complexity index is 1090. The van der Waals surface area contributed by atoms with Crippen molar-refractivity contribution in [1.29, 1.82) is 5.26 Å². The Kier molecular flexibility index (Phi) is 6.93. The molecule has 0 spiro atoms. The molecule has 1 aliphatic rings. The first-order valence-corrected chi connectivity index (χ1v) is 11.0. The number of piperazine rings is 1. The summed E-state index contributed by atoms with van der Waals surface area (Å²) in [6.45, 7) is 6.10. The number of nitrogens with zero attached hydrogens (tertiary/aromatic N) is 5. The minimum absolute atomic E-state index is 0.0407. The Morgan fingerprint density at radius 3 is 2.66 bits per heavy atom. The fourth-order valence-electron chi connectivity index (χ4n) is 3.89. The summed E-state index contributed by atoms with van der Waals surface area (Å²) in [6, 6.07) is 17.6. The first-order valence-electron chi connectivity index (χ1n) is 11.0. The summed E-state index contributed by atoms with van der Waals surface area (Å²) in [7, 11) is 0. The zero-order valence-electron chi connectivity index (χ0n) is 18.3. The van der Waals surface area contributed by atoms with Crippen LogP contribution in [0.5, 0.6) is 0 Å². The van der Waals surface area contributed by atoms with Crippen LogP contribution >= 0.6 is 0 Å². The summed E-state index contributed by atoms with van der Waals surface area (Å²) >= 11 is 0. The van der Waals surface area contributed by atoms with Gasteiger partial charge in [0.25, 0.3) is 5.91 Å². The third kappa shape index (κ3) is 5.40. The zero-order chi connectivity index (χ0) is 22.3. The number of amides is 1. The molecular weight excluding hydrogens is 402 g/mol. The summed E-state index contributed by atoms with van der Waals surface area (Å²) in [5.74, 6) is 1.33. The highest BCUT2D eigenvalue weighted by molar-refractivity contribution is 5.94. The summed E-state index contributed by atoms with van der Waals surface area (Å²) in [4.78, 5) is 21.6. The molecule has 0 saturated carbocycles. The van der Waals surface area contributed by atoms with Gasteiger partial charge in [-0.15, -0.1) is 0 Å². The molecule has 0 atom stereocenters. The van der Waals surface area contributed by atoms with Crippen LogP contribution in [-0.4, -0.2) is 58.6 Å². The van der Waals surface area contributed by atoms with Gasteiger partial charge in [-0.05, 0) is 37.6 Å². The van der Waals surface area contributed by atoms with Crippen LogP contribution in [0.2, 0.25) is 0 Å². The average Bonchev–Trinajstić information content (AvgIpc) is 3.29. The number of aryl methyl sites for hydroxylation is 2. The van der Waals surface area contributed by atoms with E-state index in [-0.39, 0.29) is 5.91 Å². The van der Waals surface area contributed by atoms with E-state index in [1.165, 1.54) is 5.56 Å². The number of carbonyl (C=O) groups excluding carboxylic acids is 1. The Balaban J connectivity index is 1.22. The van der Waals surface area contributed by atoms with Crippen molar-refractivity contribution in [1.82, 2.24) is 19.9 Å². The molecule has 1 saturated heterocycles. The summed E-state index contributed by atoms with van der Waals surface area (Å²) in [5, 5.41) is 13.0. The lowest BCUT2D eigenvalue weighted by atomic mass is 10.1. The third-order valence-electron chi connectivity index (χ3n) is 5.76. The van der Waals surface area contributed by atoms with Crippen LogP contribution in [0.1, 0.15) is 33.8 Å². The normalized spacial score (nSPS) is 14.3. The lowest BCUT2D eigenvalue weighted by Crippen LogP contribution is -2.48. The van der Waals surface area contributed by atoms with Gasteiger partial charge in [-0.3, -0.25) is 9.69 Å². The van der Waals surface area contributed by atoms with Gasteiger partial charge in [-0.2, -0.15) is 10.2 Å². The van der Waals surface area contributed by atoms with E-state index in [1.807, 2.05) is 53.4 Å². The van der Waals surface area contributed by atoms with Crippen LogP contribution in [0.3, 0.4) is 0 Å². The fraction of sp³-hybridized carbons (Fsp3) is 0.360. The maximum atomic E-state index is 12.8. The zero-order valence-corrected chi connectivity index (χ0v) is 18.3. The van der Waals surface area contributed by atoms with Gasteiger partial charge in [0.05, 0.1) is 12.5 Å². The van der Waals surface area contributed by atoms with Gasteiger partial charge in [0.1, 0.15) is 0 Å². The van der Waals surface area contributed by atoms with E-state index < -0.39 is 0 Å². The molecule has 2 aromatic carbocycles. The van der Waals surface area contributed by atoms with E-state index in [2.05, 4.69) is 28.0 Å². The number of benzene rings is 2. The molecule has 0 unspecified atom stereocenters. The smallest absolute Gasteiger partial charge is 0.253 e. The van der Waals surface area contributed by atoms with Crippen LogP contribution in [-0.2, 0) is 12.8 Å². The minimum Gasteiger partial charge on any atom is -0.339 e. The Hall–Kier alpha value is -3.50. The average molecular weight is 430 g/mol. The molecule has 1 aliphatic heterocycles. The van der Waals surface area contributed by atoms with Gasteiger partial charge in [-0.25, -0.2) is 0 Å². The molecule has 4 rings (SSSR count). The largest absolute Gasteiger partial charge is 0.339 e. The molecule has 1 amide bonds. The second-order valence-corrected chi connectivity index (χ2v) is 8.15. The second-order valence-electron chi connectivity index (χ2n) is 8.15. The van der Waals surface area contributed by atoms with Crippen molar-refractivity contribution in [2.24, 2.45) is 0 Å². The highest BCUT2D eigenvalue weighted by Crippen LogP contribution is 2.17. The maximum absolute atomic E-state index is 12.8. The van der Waals surface area contributed by atoms with Gasteiger partial charge < -0.3 is 9.42 Å². The Morgan fingerprint density at radius 2 is 1.91 bits per heavy atom. The molecule has 7 nitrogen and oxygen atoms in total. The predicted molar refractivity (Wildman–Crippen MR) is 121 cm³/mol. The number of nitriles is 1. The summed E-state index contributed by atoms with van der Waals surface area (Å²) in [5.41, 5.74) is 3.70. The van der Waals surface area contributed by atoms with Gasteiger partial charge in [0, 0.05) is 43.7 Å². The molecule has 2 heterocycles. The maximum Gasteiger partial charge on any atom is 0.253 e. The molecule has 0 N–H and O–H groups in total. The standard InChI is InChI=1S/C25H27N5O2/c1-19-7-9-21(10-8-19)24-27-23(32-28-24)6-3-13-29-14-16-30(17-15-29)25(31)22-5-2-4-20(18-22)11-12-26/h2,4-5,7-10,18H,3,6,11,13-17H2,1H3. The summed E-state index contributed by atoms with van der Waals surface area (Å²) < 4.78 is 5.41. The van der Waals surface area contributed by atoms with Crippen molar-refractivity contribution in [3.63, 3.8) is 0 Å². The lowest BCUT2D eigenvalue weighted by molar-refractivity contribution is 0.0635. The first-order chi connectivity index (χ1) is 15.6. The molecule has 32 heavy (non-hydrogen) atoms. The SMILES string of the molecule is Cc1ccc(-c2noc(CCCN3CCN(C(=O)c4cccc(CC#N)c4)CC3)n2)cc1. The van der Waals surface area contributed by atoms with Gasteiger partial charge in [0.2, 0.25) is 11.7 Å². The van der Waals surface area contributed by atoms with Crippen LogP contribution < -0.4 is 0 Å². The van der Waals surface area contributed by atoms with Crippen molar-refractivity contribution in [3.05, 3.63) is 71.1 Å². The van der Waals surface area contributed by atoms with E-state index in [0.717, 1.165) is 43.6 Å². The lowest BCUT2D eigenvalue weighted by Gasteiger charge is -2.34. The molecule has 1 aromatic heterocycles. The third-order valence-corrected chi connectivity index (χ3v) is 5.76. The molecule has 1 fully saturated rings. The van der Waals surface area contributed by atoms with Crippen LogP contribution in [0.4, 0.5) is 0 Å². The van der Waals surface area contributed by atoms with Crippen molar-refractivity contribution < 1.29 is 9.32 Å². The number of rotatable bonds is 7. The van der Waals surface area contributed by atoms with Gasteiger partial charge >= 0.3 is 0 Å². The second kappa shape index (κ2) is 10.2. The molecule has 7 heteroatoms. The van der Waals surface area contributed by atoms with Crippen molar-refractivity contribution in [2.75, 3.05) is 32.7 Å². The monoisotopic (exact) mass is 429 g/mol. The Labute approximate surface area is 188 Å². The van der Waals surface area contributed by atoms with E-state index in [1.54, 1.807) is 0 Å². The molecule has 164 valence electrons. The van der Waals surface area contributed by atoms with Crippen molar-refractivity contribution >= 4 is 5.91 Å². The first kappa shape index (κ1) is 21.7. The highest BCUT2D eigenvalue weighted by atomic mass is 16.5. The van der Waals surface area contributed by atoms with Crippen molar-refractivity contribution in [3.8, 4) is 17.5 Å². The van der Waals surface area contributed by atoms with Crippen molar-refractivity contribution in [2.45, 2.75) is 26.2 Å². The fourth-order valence-corrected chi connectivity index (χ4v) is 3.89. The topological polar surface area (TPSA) is 86.3 Å². The summed E-state index contributed by atoms with van der Waals surface area (Å²) in [6.07, 6.45) is 1.99. The minimum atomic E-state index is 0.0407. The molecule has 0 aliphatic carbocycles. The number of hydrogen-bond donors (Lipinski definition) is 0. The van der Waals surface area contributed by atoms with Gasteiger partial charge in [-0.1, -0.05) is 47.1 Å². The van der Waals surface area contributed by atoms with Crippen LogP contribution in [0.15, 0.2) is 53.1 Å². The van der Waals surface area contributed by atoms with E-state index in [4.69, 9.17) is 9.78 Å². The highest BCUT2D eigenvalue weighted by Gasteiger charge is 2.22. The predicted octanol–water partition coefficient (Wildman–Crippen LogP) is 3.50. The Morgan fingerprint density at radius 1 is 1.12 bits per heavy atom. The number of aromatic nitrogens is 2. The molecule has 3 aromatic rings. The van der Waals surface area contributed by atoms with Crippen LogP contribution in [0.25, 0.3) is 11.4 Å². The number of carbonyl (C=O) groups is 1. The quantitative estimate of drug-likeness (QED) is 0.571. The molecule has 0 bridgehead atoms. The van der Waals surface area contributed by atoms with Gasteiger partial charge in [0.15, 0.2) is 0 Å². The molecular formula is C25H27N5O2. The van der Waals surface area contributed by atoms with E-state index in [0.29, 0.717) is 36.8 Å². The van der Waals surface area contributed by atoms with E-state index >= 15 is 0 Å². The molecule has 0 radical (unpaired) electrons. The van der Waals surface area contributed by atoms with E-state index in [9.17, 15) is 4.79 Å². The number of hydrogen-bond acceptors (Lipinski definition) is 6. The van der Waals surface area contributed by atoms with Crippen LogP contribution in [0, 0.1) is 18.3 Å².